The van der Waals surface area contributed by atoms with E-state index in [1.54, 1.807) is 23.1 Å². The van der Waals surface area contributed by atoms with Gasteiger partial charge in [-0.25, -0.2) is 12.7 Å². The van der Waals surface area contributed by atoms with Crippen LogP contribution in [-0.4, -0.2) is 68.7 Å². The average Bonchev–Trinajstić information content (AvgIpc) is 2.73. The van der Waals surface area contributed by atoms with Crippen molar-refractivity contribution in [2.45, 2.75) is 25.0 Å². The number of rotatable bonds is 6. The van der Waals surface area contributed by atoms with E-state index in [-0.39, 0.29) is 10.5 Å². The number of guanidine groups is 1. The molecule has 0 radical (unpaired) electrons. The highest BCUT2D eigenvalue weighted by atomic mass is 32.2. The maximum absolute atomic E-state index is 11.7. The molecule has 1 aliphatic heterocycles. The molecule has 118 valence electrons. The zero-order valence-corrected chi connectivity index (χ0v) is 14.4. The Hall–Kier alpha value is -0.470. The minimum Gasteiger partial charge on any atom is -0.355 e. The first-order valence-electron chi connectivity index (χ1n) is 6.78. The van der Waals surface area contributed by atoms with Crippen LogP contribution in [0.4, 0.5) is 0 Å². The lowest BCUT2D eigenvalue weighted by molar-refractivity contribution is 0.445. The number of nitrogens with zero attached hydrogens (tertiary/aromatic N) is 2. The van der Waals surface area contributed by atoms with E-state index in [0.717, 1.165) is 13.0 Å². The fraction of sp³-hybridized carbons (Fsp3) is 0.917. The van der Waals surface area contributed by atoms with Gasteiger partial charge < -0.3 is 10.6 Å². The van der Waals surface area contributed by atoms with Gasteiger partial charge in [0, 0.05) is 38.0 Å². The van der Waals surface area contributed by atoms with Gasteiger partial charge in [-0.05, 0) is 26.5 Å². The topological polar surface area (TPSA) is 73.8 Å². The van der Waals surface area contributed by atoms with E-state index in [1.807, 2.05) is 0 Å². The van der Waals surface area contributed by atoms with Crippen molar-refractivity contribution in [3.8, 4) is 0 Å². The van der Waals surface area contributed by atoms with Crippen molar-refractivity contribution in [1.29, 1.82) is 0 Å². The number of thioether (sulfide) groups is 1. The summed E-state index contributed by atoms with van der Waals surface area (Å²) in [5, 5.41) is 6.41. The summed E-state index contributed by atoms with van der Waals surface area (Å²) in [4.78, 5) is 4.14. The Kier molecular flexibility index (Phi) is 6.60. The summed E-state index contributed by atoms with van der Waals surface area (Å²) in [7, 11) is -1.29. The van der Waals surface area contributed by atoms with Crippen LogP contribution in [-0.2, 0) is 10.0 Å². The average molecular weight is 323 g/mol. The van der Waals surface area contributed by atoms with Gasteiger partial charge >= 0.3 is 0 Å². The Morgan fingerprint density at radius 3 is 2.60 bits per heavy atom. The van der Waals surface area contributed by atoms with Crippen molar-refractivity contribution in [2.75, 3.05) is 45.2 Å². The Morgan fingerprint density at radius 2 is 2.10 bits per heavy atom. The predicted molar refractivity (Wildman–Crippen MR) is 86.9 cm³/mol. The van der Waals surface area contributed by atoms with Crippen molar-refractivity contribution >= 4 is 27.7 Å². The van der Waals surface area contributed by atoms with Gasteiger partial charge in [0.15, 0.2) is 5.96 Å². The molecule has 0 aliphatic carbocycles. The molecular formula is C12H26N4O2S2. The first-order chi connectivity index (χ1) is 9.30. The summed E-state index contributed by atoms with van der Waals surface area (Å²) in [6, 6.07) is 0. The molecule has 1 aliphatic rings. The van der Waals surface area contributed by atoms with Crippen molar-refractivity contribution in [3.05, 3.63) is 0 Å². The van der Waals surface area contributed by atoms with E-state index >= 15 is 0 Å². The molecule has 0 saturated carbocycles. The van der Waals surface area contributed by atoms with Gasteiger partial charge in [0.25, 0.3) is 0 Å². The van der Waals surface area contributed by atoms with E-state index < -0.39 is 10.0 Å². The maximum atomic E-state index is 11.7. The van der Waals surface area contributed by atoms with Gasteiger partial charge in [0.2, 0.25) is 10.0 Å². The molecule has 0 aromatic carbocycles. The van der Waals surface area contributed by atoms with Crippen LogP contribution < -0.4 is 10.6 Å². The van der Waals surface area contributed by atoms with E-state index in [4.69, 9.17) is 0 Å². The number of hydrogen-bond donors (Lipinski definition) is 2. The van der Waals surface area contributed by atoms with Crippen LogP contribution in [0.1, 0.15) is 20.3 Å². The lowest BCUT2D eigenvalue weighted by Gasteiger charge is -2.24. The van der Waals surface area contributed by atoms with Gasteiger partial charge in [-0.1, -0.05) is 0 Å². The third-order valence-electron chi connectivity index (χ3n) is 3.31. The Balaban J connectivity index is 2.32. The Bertz CT molecular complexity index is 435. The standard InChI is InChI=1S/C12H26N4O2S2/c1-12(2,19-4)10-15-11(13-3)14-6-8-16-7-5-9-20(16,17)18/h5-10H2,1-4H3,(H2,13,14,15). The highest BCUT2D eigenvalue weighted by Crippen LogP contribution is 2.19. The quantitative estimate of drug-likeness (QED) is 0.544. The first kappa shape index (κ1) is 17.6. The van der Waals surface area contributed by atoms with Gasteiger partial charge in [-0.15, -0.1) is 0 Å². The normalized spacial score (nSPS) is 20.1. The van der Waals surface area contributed by atoms with Gasteiger partial charge in [-0.2, -0.15) is 11.8 Å². The maximum Gasteiger partial charge on any atom is 0.214 e. The van der Waals surface area contributed by atoms with Crippen LogP contribution in [0.3, 0.4) is 0 Å². The molecular weight excluding hydrogens is 296 g/mol. The molecule has 1 heterocycles. The van der Waals surface area contributed by atoms with E-state index in [2.05, 4.69) is 35.7 Å². The highest BCUT2D eigenvalue weighted by Gasteiger charge is 2.27. The Labute approximate surface area is 126 Å². The Morgan fingerprint density at radius 1 is 1.40 bits per heavy atom. The van der Waals surface area contributed by atoms with Gasteiger partial charge in [0.05, 0.1) is 5.75 Å². The van der Waals surface area contributed by atoms with E-state index in [1.165, 1.54) is 0 Å². The smallest absolute Gasteiger partial charge is 0.214 e. The molecule has 6 nitrogen and oxygen atoms in total. The van der Waals surface area contributed by atoms with Gasteiger partial charge in [-0.3, -0.25) is 4.99 Å². The number of nitrogens with one attached hydrogen (secondary N) is 2. The number of aliphatic imine (C=N–C) groups is 1. The molecule has 20 heavy (non-hydrogen) atoms. The summed E-state index contributed by atoms with van der Waals surface area (Å²) in [6.45, 7) is 6.82. The summed E-state index contributed by atoms with van der Waals surface area (Å²) >= 11 is 1.79. The third kappa shape index (κ3) is 5.49. The van der Waals surface area contributed by atoms with E-state index in [9.17, 15) is 8.42 Å². The van der Waals surface area contributed by atoms with Crippen LogP contribution in [0.25, 0.3) is 0 Å². The summed E-state index contributed by atoms with van der Waals surface area (Å²) in [5.74, 6) is 0.991. The molecule has 0 spiro atoms. The second kappa shape index (κ2) is 7.51. The fourth-order valence-electron chi connectivity index (χ4n) is 1.83. The van der Waals surface area contributed by atoms with Crippen molar-refractivity contribution in [2.24, 2.45) is 4.99 Å². The third-order valence-corrected chi connectivity index (χ3v) is 6.52. The molecule has 0 unspecified atom stereocenters. The van der Waals surface area contributed by atoms with Crippen molar-refractivity contribution < 1.29 is 8.42 Å². The summed E-state index contributed by atoms with van der Waals surface area (Å²) in [6.07, 6.45) is 2.81. The number of hydrogen-bond acceptors (Lipinski definition) is 4. The molecule has 0 bridgehead atoms. The van der Waals surface area contributed by atoms with Crippen LogP contribution >= 0.6 is 11.8 Å². The molecule has 1 rings (SSSR count). The fourth-order valence-corrected chi connectivity index (χ4v) is 3.58. The monoisotopic (exact) mass is 322 g/mol. The van der Waals surface area contributed by atoms with Gasteiger partial charge in [0.1, 0.15) is 0 Å². The summed E-state index contributed by atoms with van der Waals surface area (Å²) in [5.41, 5.74) is 0. The lowest BCUT2D eigenvalue weighted by atomic mass is 10.2. The molecule has 1 fully saturated rings. The molecule has 0 aromatic rings. The van der Waals surface area contributed by atoms with Crippen molar-refractivity contribution in [3.63, 3.8) is 0 Å². The van der Waals surface area contributed by atoms with E-state index in [0.29, 0.717) is 25.6 Å². The highest BCUT2D eigenvalue weighted by molar-refractivity contribution is 7.99. The molecule has 1 saturated heterocycles. The lowest BCUT2D eigenvalue weighted by Crippen LogP contribution is -2.45. The van der Waals surface area contributed by atoms with Crippen LogP contribution in [0, 0.1) is 0 Å². The zero-order valence-electron chi connectivity index (χ0n) is 12.8. The predicted octanol–water partition coefficient (Wildman–Crippen LogP) is 0.329. The SMILES string of the molecule is CN=C(NCCN1CCCS1(=O)=O)NCC(C)(C)SC. The zero-order chi connectivity index (χ0) is 15.2. The minimum atomic E-state index is -3.00. The first-order valence-corrected chi connectivity index (χ1v) is 9.61. The number of sulfonamides is 1. The van der Waals surface area contributed by atoms with Crippen LogP contribution in [0.15, 0.2) is 4.99 Å². The molecule has 0 atom stereocenters. The summed E-state index contributed by atoms with van der Waals surface area (Å²) < 4.78 is 25.0. The second-order valence-electron chi connectivity index (χ2n) is 5.38. The van der Waals surface area contributed by atoms with Crippen molar-refractivity contribution in [1.82, 2.24) is 14.9 Å². The minimum absolute atomic E-state index is 0.135. The molecule has 2 N–H and O–H groups in total. The van der Waals surface area contributed by atoms with Crippen LogP contribution in [0.5, 0.6) is 0 Å². The largest absolute Gasteiger partial charge is 0.355 e. The molecule has 0 amide bonds. The second-order valence-corrected chi connectivity index (χ2v) is 8.99. The van der Waals surface area contributed by atoms with Crippen LogP contribution in [0.2, 0.25) is 0 Å². The molecule has 0 aromatic heterocycles. The molecule has 8 heteroatoms.